The fraction of sp³-hybridized carbons (Fsp3) is 0.500. The number of amides is 1. The van der Waals surface area contributed by atoms with Crippen molar-refractivity contribution in [2.75, 3.05) is 31.1 Å². The van der Waals surface area contributed by atoms with Crippen molar-refractivity contribution in [1.29, 1.82) is 0 Å². The van der Waals surface area contributed by atoms with Crippen LogP contribution in [-0.2, 0) is 22.6 Å². The molecule has 0 saturated carbocycles. The molecule has 9 heteroatoms. The summed E-state index contributed by atoms with van der Waals surface area (Å²) in [7, 11) is 0. The number of likely N-dealkylation sites (tertiary alicyclic amines) is 1. The second-order valence-electron chi connectivity index (χ2n) is 11.9. The van der Waals surface area contributed by atoms with Crippen LogP contribution in [0, 0.1) is 18.7 Å². The lowest BCUT2D eigenvalue weighted by Crippen LogP contribution is -2.45. The molecule has 3 unspecified atom stereocenters. The van der Waals surface area contributed by atoms with E-state index in [2.05, 4.69) is 23.0 Å². The van der Waals surface area contributed by atoms with E-state index in [1.54, 1.807) is 30.2 Å². The normalized spacial score (nSPS) is 19.7. The molecule has 0 aliphatic carbocycles. The van der Waals surface area contributed by atoms with Crippen molar-refractivity contribution >= 4 is 17.6 Å². The van der Waals surface area contributed by atoms with Gasteiger partial charge in [0.25, 0.3) is 0 Å². The van der Waals surface area contributed by atoms with Gasteiger partial charge in [0.2, 0.25) is 5.91 Å². The molecule has 1 amide bonds. The average molecular weight is 591 g/mol. The predicted octanol–water partition coefficient (Wildman–Crippen LogP) is 5.83. The largest absolute Gasteiger partial charge is 0.493 e. The molecular weight excluding hydrogens is 547 g/mol. The molecule has 2 aliphatic rings. The minimum atomic E-state index is -0.857. The molecule has 0 spiro atoms. The molecule has 230 valence electrons. The van der Waals surface area contributed by atoms with Crippen LogP contribution in [0.3, 0.4) is 0 Å². The molecule has 3 aromatic rings. The number of halogens is 1. The number of nitrogens with zero attached hydrogens (tertiary/aromatic N) is 4. The number of aromatic nitrogens is 2. The lowest BCUT2D eigenvalue weighted by Gasteiger charge is -2.30. The number of aliphatic carboxylic acids is 1. The summed E-state index contributed by atoms with van der Waals surface area (Å²) in [6.07, 6.45) is 10.2. The number of carboxylic acids is 1. The highest BCUT2D eigenvalue weighted by atomic mass is 19.1. The predicted molar refractivity (Wildman–Crippen MR) is 164 cm³/mol. The maximum Gasteiger partial charge on any atom is 0.308 e. The smallest absolute Gasteiger partial charge is 0.308 e. The number of carbonyl (C=O) groups excluding carboxylic acids is 1. The van der Waals surface area contributed by atoms with Gasteiger partial charge in [-0.25, -0.2) is 4.39 Å². The Morgan fingerprint density at radius 3 is 2.72 bits per heavy atom. The van der Waals surface area contributed by atoms with E-state index in [4.69, 9.17) is 4.74 Å². The van der Waals surface area contributed by atoms with Crippen LogP contribution in [0.25, 0.3) is 0 Å². The molecule has 8 nitrogen and oxygen atoms in total. The minimum absolute atomic E-state index is 0.0868. The van der Waals surface area contributed by atoms with Crippen molar-refractivity contribution in [3.63, 3.8) is 0 Å². The van der Waals surface area contributed by atoms with Gasteiger partial charge in [-0.1, -0.05) is 44.7 Å². The first-order valence-electron chi connectivity index (χ1n) is 15.6. The number of carboxylic acid groups (broad SMARTS) is 1. The van der Waals surface area contributed by atoms with E-state index in [0.717, 1.165) is 55.4 Å². The summed E-state index contributed by atoms with van der Waals surface area (Å²) in [6.45, 7) is 6.14. The summed E-state index contributed by atoms with van der Waals surface area (Å²) in [6, 6.07) is 12.3. The lowest BCUT2D eigenvalue weighted by molar-refractivity contribution is -0.143. The molecule has 1 N–H and O–H groups in total. The number of carbonyl (C=O) groups is 2. The Bertz CT molecular complexity index is 1400. The van der Waals surface area contributed by atoms with E-state index in [1.165, 1.54) is 6.07 Å². The van der Waals surface area contributed by atoms with Crippen molar-refractivity contribution in [2.24, 2.45) is 5.92 Å². The van der Waals surface area contributed by atoms with Gasteiger partial charge in [-0.15, -0.1) is 0 Å². The summed E-state index contributed by atoms with van der Waals surface area (Å²) in [5, 5.41) is 14.9. The van der Waals surface area contributed by atoms with E-state index >= 15 is 0 Å². The molecule has 5 rings (SSSR count). The number of fused-ring (bicyclic) bond motifs is 1. The summed E-state index contributed by atoms with van der Waals surface area (Å²) in [5.41, 5.74) is 3.24. The first kappa shape index (κ1) is 30.7. The van der Waals surface area contributed by atoms with Crippen molar-refractivity contribution < 1.29 is 23.8 Å². The second-order valence-corrected chi connectivity index (χ2v) is 11.9. The standard InChI is InChI=1S/C34H43FN4O4/c1-3-4-5-6-7-17-39(27-10-11-29(35)24(2)20-27)32(40)23-37-22-28(25-9-12-31-26(21-25)14-19-43-31)33(34(41)42)30(37)13-18-38-16-8-15-36-38/h8-12,15-16,20-21,28,30,33H,3-7,13-14,17-19,22-23H2,1-2H3,(H,41,42). The number of rotatable bonds is 14. The van der Waals surface area contributed by atoms with Crippen molar-refractivity contribution in [3.05, 3.63) is 77.4 Å². The van der Waals surface area contributed by atoms with Gasteiger partial charge in [-0.3, -0.25) is 19.2 Å². The van der Waals surface area contributed by atoms with Gasteiger partial charge >= 0.3 is 5.97 Å². The molecular formula is C34H43FN4O4. The van der Waals surface area contributed by atoms with Crippen LogP contribution in [-0.4, -0.2) is 63.9 Å². The van der Waals surface area contributed by atoms with E-state index in [1.807, 2.05) is 29.1 Å². The van der Waals surface area contributed by atoms with E-state index in [-0.39, 0.29) is 30.2 Å². The Morgan fingerprint density at radius 2 is 1.98 bits per heavy atom. The molecule has 2 aliphatic heterocycles. The summed E-state index contributed by atoms with van der Waals surface area (Å²) < 4.78 is 21.7. The highest BCUT2D eigenvalue weighted by molar-refractivity contribution is 5.95. The van der Waals surface area contributed by atoms with E-state index < -0.39 is 11.9 Å². The number of unbranched alkanes of at least 4 members (excludes halogenated alkanes) is 4. The minimum Gasteiger partial charge on any atom is -0.493 e. The molecule has 0 bridgehead atoms. The second kappa shape index (κ2) is 14.2. The highest BCUT2D eigenvalue weighted by Crippen LogP contribution is 2.41. The fourth-order valence-corrected chi connectivity index (χ4v) is 6.65. The first-order valence-corrected chi connectivity index (χ1v) is 15.6. The van der Waals surface area contributed by atoms with E-state index in [9.17, 15) is 19.1 Å². The Morgan fingerprint density at radius 1 is 1.14 bits per heavy atom. The fourth-order valence-electron chi connectivity index (χ4n) is 6.65. The molecule has 2 aromatic carbocycles. The number of hydrogen-bond donors (Lipinski definition) is 1. The summed E-state index contributed by atoms with van der Waals surface area (Å²) >= 11 is 0. The zero-order valence-electron chi connectivity index (χ0n) is 25.3. The van der Waals surface area contributed by atoms with E-state index in [0.29, 0.717) is 43.9 Å². The topological polar surface area (TPSA) is 87.9 Å². The van der Waals surface area contributed by atoms with Crippen molar-refractivity contribution in [1.82, 2.24) is 14.7 Å². The van der Waals surface area contributed by atoms with Crippen LogP contribution in [0.1, 0.15) is 68.1 Å². The van der Waals surface area contributed by atoms with Crippen LogP contribution >= 0.6 is 0 Å². The quantitative estimate of drug-likeness (QED) is 0.238. The number of hydrogen-bond acceptors (Lipinski definition) is 5. The molecule has 3 atom stereocenters. The summed E-state index contributed by atoms with van der Waals surface area (Å²) in [5.74, 6) is -1.35. The van der Waals surface area contributed by atoms with Crippen molar-refractivity contribution in [2.45, 2.75) is 77.3 Å². The molecule has 1 saturated heterocycles. The molecule has 1 fully saturated rings. The van der Waals surface area contributed by atoms with Gasteiger partial charge in [-0.2, -0.15) is 5.10 Å². The number of benzene rings is 2. The summed E-state index contributed by atoms with van der Waals surface area (Å²) in [4.78, 5) is 30.8. The average Bonchev–Trinajstić information content (AvgIpc) is 3.75. The highest BCUT2D eigenvalue weighted by Gasteiger charge is 2.47. The molecule has 3 heterocycles. The van der Waals surface area contributed by atoms with Gasteiger partial charge in [0.05, 0.1) is 19.1 Å². The Kier molecular flexibility index (Phi) is 10.1. The molecule has 1 aromatic heterocycles. The zero-order valence-corrected chi connectivity index (χ0v) is 25.3. The number of aryl methyl sites for hydroxylation is 2. The SMILES string of the molecule is CCCCCCCN(C(=O)CN1CC(c2ccc3c(c2)CCO3)C(C(=O)O)C1CCn1cccn1)c1ccc(F)c(C)c1. The number of ether oxygens (including phenoxy) is 1. The van der Waals surface area contributed by atoms with Gasteiger partial charge in [-0.05, 0) is 66.8 Å². The molecule has 0 radical (unpaired) electrons. The Balaban J connectivity index is 1.41. The first-order chi connectivity index (χ1) is 20.9. The third kappa shape index (κ3) is 7.26. The van der Waals surface area contributed by atoms with Crippen LogP contribution in [0.2, 0.25) is 0 Å². The number of anilines is 1. The van der Waals surface area contributed by atoms with Gasteiger partial charge < -0.3 is 14.7 Å². The zero-order chi connectivity index (χ0) is 30.3. The maximum atomic E-state index is 14.2. The van der Waals surface area contributed by atoms with Crippen molar-refractivity contribution in [3.8, 4) is 5.75 Å². The van der Waals surface area contributed by atoms with Crippen LogP contribution in [0.5, 0.6) is 5.75 Å². The Labute approximate surface area is 253 Å². The monoisotopic (exact) mass is 590 g/mol. The third-order valence-corrected chi connectivity index (χ3v) is 8.97. The van der Waals surface area contributed by atoms with Gasteiger partial charge in [0.15, 0.2) is 0 Å². The Hall–Kier alpha value is -3.72. The van der Waals surface area contributed by atoms with Crippen LogP contribution < -0.4 is 9.64 Å². The molecule has 43 heavy (non-hydrogen) atoms. The van der Waals surface area contributed by atoms with Crippen LogP contribution in [0.4, 0.5) is 10.1 Å². The third-order valence-electron chi connectivity index (χ3n) is 8.97. The van der Waals surface area contributed by atoms with Gasteiger partial charge in [0.1, 0.15) is 11.6 Å². The van der Waals surface area contributed by atoms with Crippen LogP contribution in [0.15, 0.2) is 54.9 Å². The van der Waals surface area contributed by atoms with Gasteiger partial charge in [0, 0.05) is 56.1 Å². The maximum absolute atomic E-state index is 14.2. The lowest BCUT2D eigenvalue weighted by atomic mass is 9.83.